The Hall–Kier alpha value is -1.29. The summed E-state index contributed by atoms with van der Waals surface area (Å²) in [5.41, 5.74) is 12.4. The van der Waals surface area contributed by atoms with E-state index < -0.39 is 6.36 Å². The van der Waals surface area contributed by atoms with E-state index >= 15 is 0 Å². The zero-order valence-corrected chi connectivity index (χ0v) is 6.50. The van der Waals surface area contributed by atoms with E-state index in [1.165, 1.54) is 0 Å². The molecule has 0 spiro atoms. The molecule has 0 aliphatic heterocycles. The highest BCUT2D eigenvalue weighted by atomic mass is 19.1. The molecule has 1 aromatic rings. The molecule has 0 saturated carbocycles. The summed E-state index contributed by atoms with van der Waals surface area (Å²) >= 11 is 0. The molecule has 1 aromatic carbocycles. The van der Waals surface area contributed by atoms with E-state index in [4.69, 9.17) is 16.6 Å². The van der Waals surface area contributed by atoms with Crippen LogP contribution in [0, 0.1) is 0 Å². The molecule has 4 heteroatoms. The Morgan fingerprint density at radius 3 is 2.67 bits per heavy atom. The molecule has 0 bridgehead atoms. The van der Waals surface area contributed by atoms with Gasteiger partial charge in [-0.2, -0.15) is 0 Å². The minimum Gasteiger partial charge on any atom is -0.399 e. The van der Waals surface area contributed by atoms with Gasteiger partial charge in [-0.25, -0.2) is 4.39 Å². The van der Waals surface area contributed by atoms with Crippen LogP contribution in [0.25, 0.3) is 0 Å². The van der Waals surface area contributed by atoms with Gasteiger partial charge < -0.3 is 16.6 Å². The van der Waals surface area contributed by atoms with Crippen LogP contribution in [0.15, 0.2) is 18.2 Å². The van der Waals surface area contributed by atoms with Crippen LogP contribution in [0.2, 0.25) is 0 Å². The van der Waals surface area contributed by atoms with Crippen molar-refractivity contribution in [2.45, 2.75) is 12.8 Å². The van der Waals surface area contributed by atoms with Gasteiger partial charge in [0.2, 0.25) is 0 Å². The number of benzene rings is 1. The number of halogens is 1. The normalized spacial score (nSPS) is 12.8. The fourth-order valence-corrected chi connectivity index (χ4v) is 0.984. The lowest BCUT2D eigenvalue weighted by atomic mass is 10.1. The number of nitrogens with two attached hydrogens (primary N) is 2. The lowest BCUT2D eigenvalue weighted by Gasteiger charge is -2.06. The maximum absolute atomic E-state index is 12.2. The Kier molecular flexibility index (Phi) is 2.50. The minimum atomic E-state index is -1.88. The molecule has 0 aromatic heterocycles. The lowest BCUT2D eigenvalue weighted by molar-refractivity contribution is 0.0431. The first-order valence-corrected chi connectivity index (χ1v) is 3.55. The molecule has 0 aliphatic carbocycles. The van der Waals surface area contributed by atoms with Crippen LogP contribution in [-0.4, -0.2) is 11.5 Å². The van der Waals surface area contributed by atoms with Crippen molar-refractivity contribution in [1.82, 2.24) is 0 Å². The van der Waals surface area contributed by atoms with E-state index in [9.17, 15) is 4.39 Å². The summed E-state index contributed by atoms with van der Waals surface area (Å²) in [6.07, 6.45) is -1.99. The first-order valence-electron chi connectivity index (χ1n) is 3.55. The standard InChI is InChI=1S/C8H11FN2O/c9-8(12)4-5-3-6(10)1-2-7(5)11/h1-3,8,12H,4,10-11H2. The number of aliphatic hydroxyl groups excluding tert-OH is 1. The van der Waals surface area contributed by atoms with Gasteiger partial charge in [-0.1, -0.05) is 0 Å². The quantitative estimate of drug-likeness (QED) is 0.571. The van der Waals surface area contributed by atoms with E-state index in [0.717, 1.165) is 0 Å². The maximum Gasteiger partial charge on any atom is 0.200 e. The summed E-state index contributed by atoms with van der Waals surface area (Å²) in [6.45, 7) is 0. The van der Waals surface area contributed by atoms with Gasteiger partial charge in [-0.05, 0) is 23.8 Å². The van der Waals surface area contributed by atoms with Crippen molar-refractivity contribution in [3.05, 3.63) is 23.8 Å². The Labute approximate surface area is 69.8 Å². The largest absolute Gasteiger partial charge is 0.399 e. The van der Waals surface area contributed by atoms with E-state index in [2.05, 4.69) is 0 Å². The third-order valence-electron chi connectivity index (χ3n) is 1.56. The molecule has 0 amide bonds. The fourth-order valence-electron chi connectivity index (χ4n) is 0.984. The third-order valence-corrected chi connectivity index (χ3v) is 1.56. The molecule has 0 radical (unpaired) electrons. The van der Waals surface area contributed by atoms with Gasteiger partial charge in [0, 0.05) is 17.8 Å². The summed E-state index contributed by atoms with van der Waals surface area (Å²) in [7, 11) is 0. The molecule has 0 heterocycles. The summed E-state index contributed by atoms with van der Waals surface area (Å²) in [6, 6.07) is 4.77. The molecule has 12 heavy (non-hydrogen) atoms. The average Bonchev–Trinajstić information content (AvgIpc) is 1.96. The summed E-state index contributed by atoms with van der Waals surface area (Å²) in [5, 5.41) is 8.46. The molecule has 5 N–H and O–H groups in total. The van der Waals surface area contributed by atoms with Crippen LogP contribution in [0.4, 0.5) is 15.8 Å². The third kappa shape index (κ3) is 2.10. The average molecular weight is 170 g/mol. The maximum atomic E-state index is 12.2. The van der Waals surface area contributed by atoms with Crippen molar-refractivity contribution in [2.24, 2.45) is 0 Å². The topological polar surface area (TPSA) is 72.3 Å². The second kappa shape index (κ2) is 3.40. The predicted octanol–water partition coefficient (Wildman–Crippen LogP) is 0.681. The Balaban J connectivity index is 2.90. The molecule has 0 aliphatic rings. The zero-order chi connectivity index (χ0) is 9.14. The smallest absolute Gasteiger partial charge is 0.200 e. The molecular weight excluding hydrogens is 159 g/mol. The molecule has 1 atom stereocenters. The van der Waals surface area contributed by atoms with Crippen molar-refractivity contribution < 1.29 is 9.50 Å². The van der Waals surface area contributed by atoms with Crippen molar-refractivity contribution in [3.8, 4) is 0 Å². The van der Waals surface area contributed by atoms with Gasteiger partial charge >= 0.3 is 0 Å². The number of rotatable bonds is 2. The number of aliphatic hydroxyl groups is 1. The van der Waals surface area contributed by atoms with E-state index in [-0.39, 0.29) is 6.42 Å². The van der Waals surface area contributed by atoms with Gasteiger partial charge in [-0.15, -0.1) is 0 Å². The highest BCUT2D eigenvalue weighted by molar-refractivity contribution is 5.55. The second-order valence-corrected chi connectivity index (χ2v) is 2.60. The predicted molar refractivity (Wildman–Crippen MR) is 46.1 cm³/mol. The van der Waals surface area contributed by atoms with Crippen LogP contribution < -0.4 is 11.5 Å². The summed E-state index contributed by atoms with van der Waals surface area (Å²) in [4.78, 5) is 0. The highest BCUT2D eigenvalue weighted by Gasteiger charge is 2.05. The number of hydrogen-bond acceptors (Lipinski definition) is 3. The molecule has 0 saturated heterocycles. The van der Waals surface area contributed by atoms with Gasteiger partial charge in [0.1, 0.15) is 0 Å². The number of alkyl halides is 1. The van der Waals surface area contributed by atoms with Gasteiger partial charge in [0.15, 0.2) is 6.36 Å². The number of nitrogen functional groups attached to an aromatic ring is 2. The van der Waals surface area contributed by atoms with Gasteiger partial charge in [0.25, 0.3) is 0 Å². The Morgan fingerprint density at radius 1 is 1.42 bits per heavy atom. The van der Waals surface area contributed by atoms with Crippen molar-refractivity contribution in [2.75, 3.05) is 11.5 Å². The van der Waals surface area contributed by atoms with E-state index in [0.29, 0.717) is 16.9 Å². The fraction of sp³-hybridized carbons (Fsp3) is 0.250. The molecule has 1 unspecified atom stereocenters. The number of hydrogen-bond donors (Lipinski definition) is 3. The number of anilines is 2. The van der Waals surface area contributed by atoms with Crippen LogP contribution in [0.5, 0.6) is 0 Å². The first kappa shape index (κ1) is 8.80. The van der Waals surface area contributed by atoms with Crippen LogP contribution in [0.3, 0.4) is 0 Å². The molecule has 3 nitrogen and oxygen atoms in total. The molecule has 66 valence electrons. The first-order chi connectivity index (χ1) is 5.59. The molecular formula is C8H11FN2O. The zero-order valence-electron chi connectivity index (χ0n) is 6.50. The van der Waals surface area contributed by atoms with Gasteiger partial charge in [-0.3, -0.25) is 0 Å². The van der Waals surface area contributed by atoms with Gasteiger partial charge in [0.05, 0.1) is 0 Å². The summed E-state index contributed by atoms with van der Waals surface area (Å²) < 4.78 is 12.2. The van der Waals surface area contributed by atoms with Crippen molar-refractivity contribution in [3.63, 3.8) is 0 Å². The lowest BCUT2D eigenvalue weighted by Crippen LogP contribution is -2.05. The van der Waals surface area contributed by atoms with Crippen LogP contribution >= 0.6 is 0 Å². The van der Waals surface area contributed by atoms with E-state index in [1.54, 1.807) is 18.2 Å². The Bertz CT molecular complexity index is 276. The molecule has 1 rings (SSSR count). The van der Waals surface area contributed by atoms with E-state index in [1.807, 2.05) is 0 Å². The highest BCUT2D eigenvalue weighted by Crippen LogP contribution is 2.17. The van der Waals surface area contributed by atoms with Crippen LogP contribution in [0.1, 0.15) is 5.56 Å². The van der Waals surface area contributed by atoms with Crippen molar-refractivity contribution >= 4 is 11.4 Å². The second-order valence-electron chi connectivity index (χ2n) is 2.60. The summed E-state index contributed by atoms with van der Waals surface area (Å²) in [5.74, 6) is 0. The van der Waals surface area contributed by atoms with Crippen LogP contribution in [-0.2, 0) is 6.42 Å². The SMILES string of the molecule is Nc1ccc(N)c(CC(O)F)c1. The van der Waals surface area contributed by atoms with Crippen molar-refractivity contribution in [1.29, 1.82) is 0 Å². The molecule has 0 fully saturated rings. The Morgan fingerprint density at radius 2 is 2.08 bits per heavy atom. The monoisotopic (exact) mass is 170 g/mol. The minimum absolute atomic E-state index is 0.114.